The zero-order valence-corrected chi connectivity index (χ0v) is 9.73. The Balaban J connectivity index is 2.62. The number of aliphatic carboxylic acids is 1. The maximum absolute atomic E-state index is 13.4. The molecule has 0 heterocycles. The lowest BCUT2D eigenvalue weighted by atomic mass is 9.79. The molecule has 1 N–H and O–H groups in total. The Bertz CT molecular complexity index is 468. The third-order valence-electron chi connectivity index (χ3n) is 3.38. The molecule has 1 aromatic carbocycles. The van der Waals surface area contributed by atoms with Gasteiger partial charge in [-0.1, -0.05) is 24.4 Å². The van der Waals surface area contributed by atoms with Crippen molar-refractivity contribution in [1.82, 2.24) is 0 Å². The summed E-state index contributed by atoms with van der Waals surface area (Å²) in [6.45, 7) is 0. The lowest BCUT2D eigenvalue weighted by Crippen LogP contribution is -2.33. The van der Waals surface area contributed by atoms with E-state index < -0.39 is 23.0 Å². The Morgan fingerprint density at radius 1 is 1.29 bits per heavy atom. The fourth-order valence-corrected chi connectivity index (χ4v) is 2.77. The Morgan fingerprint density at radius 2 is 1.88 bits per heavy atom. The molecule has 0 saturated heterocycles. The Labute approximate surface area is 102 Å². The molecule has 1 saturated carbocycles. The smallest absolute Gasteiger partial charge is 0.314 e. The highest BCUT2D eigenvalue weighted by Crippen LogP contribution is 2.44. The predicted molar refractivity (Wildman–Crippen MR) is 59.1 cm³/mol. The topological polar surface area (TPSA) is 37.3 Å². The molecule has 92 valence electrons. The second-order valence-electron chi connectivity index (χ2n) is 4.34. The Morgan fingerprint density at radius 3 is 2.41 bits per heavy atom. The van der Waals surface area contributed by atoms with Gasteiger partial charge in [0.15, 0.2) is 0 Å². The number of carbonyl (C=O) groups is 1. The van der Waals surface area contributed by atoms with Crippen molar-refractivity contribution in [3.8, 4) is 0 Å². The van der Waals surface area contributed by atoms with Gasteiger partial charge in [0, 0.05) is 6.07 Å². The summed E-state index contributed by atoms with van der Waals surface area (Å²) in [7, 11) is 0. The van der Waals surface area contributed by atoms with E-state index in [0.717, 1.165) is 18.9 Å². The summed E-state index contributed by atoms with van der Waals surface area (Å²) in [6, 6.07) is 1.70. The fraction of sp³-hybridized carbons (Fsp3) is 0.417. The van der Waals surface area contributed by atoms with E-state index in [-0.39, 0.29) is 10.6 Å². The standard InChI is InChI=1S/C12H11ClF2O2/c13-10-8(5-7(14)6-9(10)15)12(11(16)17)3-1-2-4-12/h5-6H,1-4H2,(H,16,17). The molecule has 0 atom stereocenters. The van der Waals surface area contributed by atoms with E-state index in [4.69, 9.17) is 11.6 Å². The van der Waals surface area contributed by atoms with Crippen molar-refractivity contribution in [3.63, 3.8) is 0 Å². The van der Waals surface area contributed by atoms with Gasteiger partial charge < -0.3 is 5.11 Å². The molecule has 0 unspecified atom stereocenters. The highest BCUT2D eigenvalue weighted by atomic mass is 35.5. The number of rotatable bonds is 2. The second-order valence-corrected chi connectivity index (χ2v) is 4.72. The normalized spacial score (nSPS) is 18.3. The number of hydrogen-bond donors (Lipinski definition) is 1. The van der Waals surface area contributed by atoms with Crippen LogP contribution in [0, 0.1) is 11.6 Å². The Hall–Kier alpha value is -1.16. The van der Waals surface area contributed by atoms with Gasteiger partial charge in [-0.15, -0.1) is 0 Å². The van der Waals surface area contributed by atoms with Gasteiger partial charge in [0.1, 0.15) is 11.6 Å². The summed E-state index contributed by atoms with van der Waals surface area (Å²) >= 11 is 5.77. The summed E-state index contributed by atoms with van der Waals surface area (Å²) in [4.78, 5) is 11.4. The van der Waals surface area contributed by atoms with Crippen LogP contribution in [0.1, 0.15) is 31.2 Å². The van der Waals surface area contributed by atoms with E-state index >= 15 is 0 Å². The molecule has 0 amide bonds. The fourth-order valence-electron chi connectivity index (χ4n) is 2.48. The minimum absolute atomic E-state index is 0.0571. The van der Waals surface area contributed by atoms with E-state index in [0.29, 0.717) is 18.9 Å². The number of carboxylic acid groups (broad SMARTS) is 1. The molecule has 0 radical (unpaired) electrons. The molecule has 2 rings (SSSR count). The molecular formula is C12H11ClF2O2. The van der Waals surface area contributed by atoms with Gasteiger partial charge in [-0.3, -0.25) is 4.79 Å². The minimum atomic E-state index is -1.24. The van der Waals surface area contributed by atoms with Crippen LogP contribution in [0.3, 0.4) is 0 Å². The van der Waals surface area contributed by atoms with Crippen LogP contribution in [-0.2, 0) is 10.2 Å². The molecule has 2 nitrogen and oxygen atoms in total. The largest absolute Gasteiger partial charge is 0.481 e. The van der Waals surface area contributed by atoms with E-state index in [1.807, 2.05) is 0 Å². The predicted octanol–water partition coefficient (Wildman–Crippen LogP) is 3.51. The monoisotopic (exact) mass is 260 g/mol. The number of halogens is 3. The Kier molecular flexibility index (Phi) is 3.08. The first kappa shape index (κ1) is 12.3. The first-order valence-corrected chi connectivity index (χ1v) is 5.73. The molecule has 1 aliphatic carbocycles. The molecule has 1 fully saturated rings. The second kappa shape index (κ2) is 4.26. The van der Waals surface area contributed by atoms with Crippen LogP contribution >= 0.6 is 11.6 Å². The average Bonchev–Trinajstić information content (AvgIpc) is 2.73. The van der Waals surface area contributed by atoms with E-state index in [9.17, 15) is 18.7 Å². The van der Waals surface area contributed by atoms with Crippen molar-refractivity contribution < 1.29 is 18.7 Å². The van der Waals surface area contributed by atoms with Crippen LogP contribution < -0.4 is 0 Å². The highest BCUT2D eigenvalue weighted by Gasteiger charge is 2.45. The quantitative estimate of drug-likeness (QED) is 0.826. The maximum Gasteiger partial charge on any atom is 0.314 e. The molecule has 1 aromatic rings. The molecule has 0 spiro atoms. The van der Waals surface area contributed by atoms with E-state index in [1.54, 1.807) is 0 Å². The van der Waals surface area contributed by atoms with Gasteiger partial charge in [0.25, 0.3) is 0 Å². The summed E-state index contributed by atoms with van der Waals surface area (Å²) in [5.41, 5.74) is -1.18. The van der Waals surface area contributed by atoms with Gasteiger partial charge in [-0.25, -0.2) is 8.78 Å². The van der Waals surface area contributed by atoms with Crippen molar-refractivity contribution in [2.75, 3.05) is 0 Å². The van der Waals surface area contributed by atoms with Gasteiger partial charge in [0.05, 0.1) is 10.4 Å². The van der Waals surface area contributed by atoms with Gasteiger partial charge in [0.2, 0.25) is 0 Å². The first-order valence-electron chi connectivity index (χ1n) is 5.36. The molecular weight excluding hydrogens is 250 g/mol. The van der Waals surface area contributed by atoms with Crippen LogP contribution in [0.2, 0.25) is 5.02 Å². The summed E-state index contributed by atoms with van der Waals surface area (Å²) in [6.07, 6.45) is 2.18. The van der Waals surface area contributed by atoms with Crippen molar-refractivity contribution >= 4 is 17.6 Å². The van der Waals surface area contributed by atoms with Crippen molar-refractivity contribution in [3.05, 3.63) is 34.4 Å². The summed E-state index contributed by atoms with van der Waals surface area (Å²) in [5, 5.41) is 9.04. The number of carboxylic acids is 1. The van der Waals surface area contributed by atoms with Gasteiger partial charge in [-0.05, 0) is 24.5 Å². The van der Waals surface area contributed by atoms with Gasteiger partial charge in [-0.2, -0.15) is 0 Å². The highest BCUT2D eigenvalue weighted by molar-refractivity contribution is 6.32. The van der Waals surface area contributed by atoms with Gasteiger partial charge >= 0.3 is 5.97 Å². The average molecular weight is 261 g/mol. The minimum Gasteiger partial charge on any atom is -0.481 e. The van der Waals surface area contributed by atoms with Crippen LogP contribution in [0.25, 0.3) is 0 Å². The lowest BCUT2D eigenvalue weighted by molar-refractivity contribution is -0.143. The number of hydrogen-bond acceptors (Lipinski definition) is 1. The van der Waals surface area contributed by atoms with Crippen LogP contribution in [0.4, 0.5) is 8.78 Å². The number of benzene rings is 1. The molecule has 1 aliphatic rings. The van der Waals surface area contributed by atoms with Crippen LogP contribution in [-0.4, -0.2) is 11.1 Å². The van der Waals surface area contributed by atoms with Crippen LogP contribution in [0.5, 0.6) is 0 Å². The molecule has 0 aromatic heterocycles. The lowest BCUT2D eigenvalue weighted by Gasteiger charge is -2.25. The molecule has 0 aliphatic heterocycles. The maximum atomic E-state index is 13.4. The van der Waals surface area contributed by atoms with Crippen molar-refractivity contribution in [1.29, 1.82) is 0 Å². The van der Waals surface area contributed by atoms with Crippen molar-refractivity contribution in [2.45, 2.75) is 31.1 Å². The van der Waals surface area contributed by atoms with Crippen molar-refractivity contribution in [2.24, 2.45) is 0 Å². The molecule has 5 heteroatoms. The van der Waals surface area contributed by atoms with E-state index in [1.165, 1.54) is 0 Å². The third-order valence-corrected chi connectivity index (χ3v) is 3.76. The van der Waals surface area contributed by atoms with E-state index in [2.05, 4.69) is 0 Å². The zero-order chi connectivity index (χ0) is 12.6. The van der Waals surface area contributed by atoms with Crippen LogP contribution in [0.15, 0.2) is 12.1 Å². The third kappa shape index (κ3) is 1.90. The zero-order valence-electron chi connectivity index (χ0n) is 8.97. The first-order chi connectivity index (χ1) is 7.97. The summed E-state index contributed by atoms with van der Waals surface area (Å²) in [5.74, 6) is -2.77. The summed E-state index contributed by atoms with van der Waals surface area (Å²) < 4.78 is 26.6. The molecule has 17 heavy (non-hydrogen) atoms. The SMILES string of the molecule is O=C(O)C1(c2cc(F)cc(F)c2Cl)CCCC1. The molecule has 0 bridgehead atoms.